The summed E-state index contributed by atoms with van der Waals surface area (Å²) in [5, 5.41) is 10.3. The summed E-state index contributed by atoms with van der Waals surface area (Å²) < 4.78 is 10.3. The largest absolute Gasteiger partial charge is 0.507 e. The molecule has 0 aromatic heterocycles. The Labute approximate surface area is 136 Å². The van der Waals surface area contributed by atoms with E-state index in [-0.39, 0.29) is 5.75 Å². The number of phenols is 1. The molecule has 1 N–H and O–H groups in total. The number of methoxy groups -OCH3 is 1. The summed E-state index contributed by atoms with van der Waals surface area (Å²) in [4.78, 5) is 11.2. The zero-order valence-corrected chi connectivity index (χ0v) is 13.6. The van der Waals surface area contributed by atoms with Crippen LogP contribution >= 0.6 is 0 Å². The van der Waals surface area contributed by atoms with Gasteiger partial charge < -0.3 is 14.6 Å². The predicted molar refractivity (Wildman–Crippen MR) is 90.0 cm³/mol. The first-order chi connectivity index (χ1) is 11.0. The highest BCUT2D eigenvalue weighted by molar-refractivity contribution is 5.72. The third-order valence-electron chi connectivity index (χ3n) is 3.67. The van der Waals surface area contributed by atoms with Crippen LogP contribution in [0.15, 0.2) is 36.9 Å². The normalized spacial score (nSPS) is 10.2. The third kappa shape index (κ3) is 3.72. The van der Waals surface area contributed by atoms with Gasteiger partial charge in [-0.25, -0.2) is 0 Å². The molecule has 0 atom stereocenters. The lowest BCUT2D eigenvalue weighted by molar-refractivity contribution is -0.131. The number of rotatable bonds is 5. The minimum atomic E-state index is -0.426. The summed E-state index contributed by atoms with van der Waals surface area (Å²) in [7, 11) is 1.62. The third-order valence-corrected chi connectivity index (χ3v) is 3.67. The minimum absolute atomic E-state index is 0.0811. The number of carbonyl (C=O) groups is 1. The Morgan fingerprint density at radius 1 is 1.30 bits per heavy atom. The van der Waals surface area contributed by atoms with E-state index in [4.69, 9.17) is 9.47 Å². The monoisotopic (exact) mass is 312 g/mol. The summed E-state index contributed by atoms with van der Waals surface area (Å²) in [6, 6.07) is 9.11. The molecule has 120 valence electrons. The van der Waals surface area contributed by atoms with Crippen LogP contribution in [-0.2, 0) is 11.2 Å². The van der Waals surface area contributed by atoms with E-state index in [0.29, 0.717) is 12.2 Å². The number of phenolic OH excluding ortho intramolecular Hbond substituents is 1. The fourth-order valence-corrected chi connectivity index (χ4v) is 2.49. The fraction of sp³-hybridized carbons (Fsp3) is 0.211. The van der Waals surface area contributed by atoms with Crippen LogP contribution in [-0.4, -0.2) is 18.2 Å². The van der Waals surface area contributed by atoms with E-state index >= 15 is 0 Å². The maximum atomic E-state index is 11.2. The molecule has 0 aliphatic rings. The molecule has 23 heavy (non-hydrogen) atoms. The predicted octanol–water partition coefficient (Wildman–Crippen LogP) is 3.87. The van der Waals surface area contributed by atoms with Crippen molar-refractivity contribution in [3.05, 3.63) is 59.2 Å². The van der Waals surface area contributed by atoms with Crippen LogP contribution in [0.5, 0.6) is 17.2 Å². The van der Waals surface area contributed by atoms with Crippen LogP contribution in [0.4, 0.5) is 0 Å². The van der Waals surface area contributed by atoms with Crippen LogP contribution in [0.2, 0.25) is 0 Å². The van der Waals surface area contributed by atoms with E-state index < -0.39 is 5.97 Å². The molecule has 0 saturated heterocycles. The Kier molecular flexibility index (Phi) is 5.06. The first-order valence-electron chi connectivity index (χ1n) is 7.25. The molecule has 0 aliphatic carbocycles. The minimum Gasteiger partial charge on any atom is -0.507 e. The molecule has 2 aromatic carbocycles. The van der Waals surface area contributed by atoms with E-state index in [2.05, 4.69) is 6.58 Å². The van der Waals surface area contributed by atoms with Crippen LogP contribution in [0, 0.1) is 6.92 Å². The number of hydrogen-bond acceptors (Lipinski definition) is 4. The van der Waals surface area contributed by atoms with Crippen molar-refractivity contribution in [1.82, 2.24) is 0 Å². The highest BCUT2D eigenvalue weighted by Crippen LogP contribution is 2.35. The van der Waals surface area contributed by atoms with Crippen molar-refractivity contribution in [2.45, 2.75) is 20.3 Å². The Morgan fingerprint density at radius 3 is 2.48 bits per heavy atom. The van der Waals surface area contributed by atoms with Gasteiger partial charge in [0.25, 0.3) is 0 Å². The lowest BCUT2D eigenvalue weighted by Gasteiger charge is -2.15. The SMILES string of the molecule is C=Cc1c(C)c(OC(C)=O)cc(O)c1Cc1ccc(OC)cc1. The molecule has 4 nitrogen and oxygen atoms in total. The van der Waals surface area contributed by atoms with Crippen LogP contribution in [0.3, 0.4) is 0 Å². The Bertz CT molecular complexity index is 730. The van der Waals surface area contributed by atoms with Crippen molar-refractivity contribution in [1.29, 1.82) is 0 Å². The van der Waals surface area contributed by atoms with E-state index in [1.165, 1.54) is 13.0 Å². The van der Waals surface area contributed by atoms with Crippen molar-refractivity contribution in [2.75, 3.05) is 7.11 Å². The molecule has 4 heteroatoms. The Morgan fingerprint density at radius 2 is 1.96 bits per heavy atom. The first kappa shape index (κ1) is 16.6. The topological polar surface area (TPSA) is 55.8 Å². The molecule has 0 saturated carbocycles. The van der Waals surface area contributed by atoms with Gasteiger partial charge in [0.05, 0.1) is 7.11 Å². The summed E-state index contributed by atoms with van der Waals surface area (Å²) in [6.45, 7) is 6.98. The van der Waals surface area contributed by atoms with Gasteiger partial charge in [-0.05, 0) is 35.7 Å². The average Bonchev–Trinajstić information content (AvgIpc) is 2.52. The Hall–Kier alpha value is -2.75. The van der Waals surface area contributed by atoms with Gasteiger partial charge in [-0.15, -0.1) is 0 Å². The molecule has 0 amide bonds. The molecule has 0 aliphatic heterocycles. The summed E-state index contributed by atoms with van der Waals surface area (Å²) in [5.41, 5.74) is 3.33. The van der Waals surface area contributed by atoms with Crippen molar-refractivity contribution in [3.63, 3.8) is 0 Å². The maximum absolute atomic E-state index is 11.2. The maximum Gasteiger partial charge on any atom is 0.308 e. The molecule has 0 fully saturated rings. The zero-order chi connectivity index (χ0) is 17.0. The molecule has 2 rings (SSSR count). The second-order valence-corrected chi connectivity index (χ2v) is 5.23. The molecule has 0 spiro atoms. The van der Waals surface area contributed by atoms with Crippen LogP contribution in [0.1, 0.15) is 29.2 Å². The highest BCUT2D eigenvalue weighted by Gasteiger charge is 2.16. The molecule has 0 radical (unpaired) electrons. The van der Waals surface area contributed by atoms with E-state index in [1.54, 1.807) is 13.2 Å². The second kappa shape index (κ2) is 7.01. The van der Waals surface area contributed by atoms with Crippen molar-refractivity contribution in [2.24, 2.45) is 0 Å². The van der Waals surface area contributed by atoms with E-state index in [0.717, 1.165) is 28.0 Å². The smallest absolute Gasteiger partial charge is 0.308 e. The van der Waals surface area contributed by atoms with Crippen molar-refractivity contribution < 1.29 is 19.4 Å². The Balaban J connectivity index is 2.42. The van der Waals surface area contributed by atoms with Gasteiger partial charge in [0.15, 0.2) is 0 Å². The number of esters is 1. The van der Waals surface area contributed by atoms with Gasteiger partial charge in [0, 0.05) is 25.0 Å². The summed E-state index contributed by atoms with van der Waals surface area (Å²) in [5.74, 6) is 0.787. The lowest BCUT2D eigenvalue weighted by atomic mass is 9.94. The lowest BCUT2D eigenvalue weighted by Crippen LogP contribution is -2.05. The molecular formula is C19H20O4. The first-order valence-corrected chi connectivity index (χ1v) is 7.25. The molecular weight excluding hydrogens is 292 g/mol. The van der Waals surface area contributed by atoms with Gasteiger partial charge >= 0.3 is 5.97 Å². The zero-order valence-electron chi connectivity index (χ0n) is 13.6. The van der Waals surface area contributed by atoms with Gasteiger partial charge in [-0.1, -0.05) is 24.8 Å². The fourth-order valence-electron chi connectivity index (χ4n) is 2.49. The highest BCUT2D eigenvalue weighted by atomic mass is 16.5. The van der Waals surface area contributed by atoms with Gasteiger partial charge in [-0.3, -0.25) is 4.79 Å². The van der Waals surface area contributed by atoms with Gasteiger partial charge in [-0.2, -0.15) is 0 Å². The van der Waals surface area contributed by atoms with Crippen molar-refractivity contribution >= 4 is 12.0 Å². The van der Waals surface area contributed by atoms with Crippen molar-refractivity contribution in [3.8, 4) is 17.2 Å². The van der Waals surface area contributed by atoms with E-state index in [9.17, 15) is 9.90 Å². The average molecular weight is 312 g/mol. The quantitative estimate of drug-likeness (QED) is 0.672. The summed E-state index contributed by atoms with van der Waals surface area (Å²) >= 11 is 0. The van der Waals surface area contributed by atoms with Crippen LogP contribution < -0.4 is 9.47 Å². The van der Waals surface area contributed by atoms with Crippen LogP contribution in [0.25, 0.3) is 6.08 Å². The number of carbonyl (C=O) groups excluding carboxylic acids is 1. The van der Waals surface area contributed by atoms with Gasteiger partial charge in [0.1, 0.15) is 17.2 Å². The molecule has 0 unspecified atom stereocenters. The molecule has 0 heterocycles. The van der Waals surface area contributed by atoms with E-state index in [1.807, 2.05) is 31.2 Å². The molecule has 0 bridgehead atoms. The second-order valence-electron chi connectivity index (χ2n) is 5.23. The number of aromatic hydroxyl groups is 1. The van der Waals surface area contributed by atoms with Gasteiger partial charge in [0.2, 0.25) is 0 Å². The number of benzene rings is 2. The number of hydrogen-bond donors (Lipinski definition) is 1. The summed E-state index contributed by atoms with van der Waals surface area (Å²) in [6.07, 6.45) is 2.21. The molecule has 2 aromatic rings. The standard InChI is InChI=1S/C19H20O4/c1-5-16-12(2)19(23-13(3)20)11-18(21)17(16)10-14-6-8-15(22-4)9-7-14/h5-9,11,21H,1,10H2,2-4H3. The number of ether oxygens (including phenoxy) is 2.